The number of hydrogen-bond acceptors (Lipinski definition) is 2. The fraction of sp³-hybridized carbons (Fsp3) is 0.588. The summed E-state index contributed by atoms with van der Waals surface area (Å²) in [6, 6.07) is 5.81. The van der Waals surface area contributed by atoms with Crippen LogP contribution in [-0.4, -0.2) is 24.2 Å². The SMILES string of the molecule is Cc1cccc(N2CC3(CCCCCC3)C2)c1C(=O)O. The van der Waals surface area contributed by atoms with Gasteiger partial charge in [0, 0.05) is 18.5 Å². The van der Waals surface area contributed by atoms with Crippen molar-refractivity contribution in [2.24, 2.45) is 5.41 Å². The highest BCUT2D eigenvalue weighted by Gasteiger charge is 2.43. The van der Waals surface area contributed by atoms with Crippen LogP contribution >= 0.6 is 0 Å². The number of anilines is 1. The molecule has 1 N–H and O–H groups in total. The Labute approximate surface area is 120 Å². The van der Waals surface area contributed by atoms with Gasteiger partial charge in [0.1, 0.15) is 0 Å². The third-order valence-corrected chi connectivity index (χ3v) is 5.02. The highest BCUT2D eigenvalue weighted by molar-refractivity contribution is 5.96. The minimum Gasteiger partial charge on any atom is -0.478 e. The van der Waals surface area contributed by atoms with Crippen molar-refractivity contribution >= 4 is 11.7 Å². The van der Waals surface area contributed by atoms with E-state index in [1.54, 1.807) is 0 Å². The number of carboxylic acid groups (broad SMARTS) is 1. The Bertz CT molecular complexity index is 508. The molecular formula is C17H23NO2. The lowest BCUT2D eigenvalue weighted by Crippen LogP contribution is -2.56. The summed E-state index contributed by atoms with van der Waals surface area (Å²) in [4.78, 5) is 13.7. The molecule has 1 saturated heterocycles. The van der Waals surface area contributed by atoms with Crippen LogP contribution in [0, 0.1) is 12.3 Å². The quantitative estimate of drug-likeness (QED) is 0.889. The Morgan fingerprint density at radius 3 is 2.40 bits per heavy atom. The molecule has 0 aromatic heterocycles. The number of carboxylic acids is 1. The van der Waals surface area contributed by atoms with Crippen LogP contribution in [0.15, 0.2) is 18.2 Å². The highest BCUT2D eigenvalue weighted by Crippen LogP contribution is 2.45. The molecule has 0 unspecified atom stereocenters. The molecule has 1 aromatic rings. The summed E-state index contributed by atoms with van der Waals surface area (Å²) >= 11 is 0. The summed E-state index contributed by atoms with van der Waals surface area (Å²) in [6.45, 7) is 3.96. The normalized spacial score (nSPS) is 21.4. The fourth-order valence-corrected chi connectivity index (χ4v) is 3.92. The molecule has 3 nitrogen and oxygen atoms in total. The summed E-state index contributed by atoms with van der Waals surface area (Å²) in [7, 11) is 0. The maximum atomic E-state index is 11.5. The van der Waals surface area contributed by atoms with Gasteiger partial charge >= 0.3 is 5.97 Å². The lowest BCUT2D eigenvalue weighted by molar-refractivity contribution is 0.0695. The molecule has 1 aliphatic heterocycles. The van der Waals surface area contributed by atoms with Crippen LogP contribution in [0.3, 0.4) is 0 Å². The monoisotopic (exact) mass is 273 g/mol. The molecule has 20 heavy (non-hydrogen) atoms. The van der Waals surface area contributed by atoms with Crippen molar-refractivity contribution in [1.29, 1.82) is 0 Å². The smallest absolute Gasteiger partial charge is 0.338 e. The van der Waals surface area contributed by atoms with Gasteiger partial charge < -0.3 is 10.0 Å². The molecule has 0 atom stereocenters. The van der Waals surface area contributed by atoms with Crippen LogP contribution < -0.4 is 4.90 Å². The Balaban J connectivity index is 1.80. The zero-order chi connectivity index (χ0) is 14.2. The van der Waals surface area contributed by atoms with Gasteiger partial charge in [-0.2, -0.15) is 0 Å². The molecule has 1 aliphatic carbocycles. The van der Waals surface area contributed by atoms with Gasteiger partial charge in [0.05, 0.1) is 11.3 Å². The van der Waals surface area contributed by atoms with Crippen molar-refractivity contribution in [3.63, 3.8) is 0 Å². The number of benzene rings is 1. The number of aromatic carboxylic acids is 1. The molecule has 2 fully saturated rings. The van der Waals surface area contributed by atoms with E-state index in [0.29, 0.717) is 11.0 Å². The number of nitrogens with zero attached hydrogens (tertiary/aromatic N) is 1. The average Bonchev–Trinajstić information content (AvgIpc) is 2.61. The molecule has 0 amide bonds. The predicted molar refractivity (Wildman–Crippen MR) is 80.5 cm³/mol. The Morgan fingerprint density at radius 1 is 1.15 bits per heavy atom. The largest absolute Gasteiger partial charge is 0.478 e. The van der Waals surface area contributed by atoms with Gasteiger partial charge in [-0.3, -0.25) is 0 Å². The van der Waals surface area contributed by atoms with Crippen molar-refractivity contribution < 1.29 is 9.90 Å². The topological polar surface area (TPSA) is 40.5 Å². The third-order valence-electron chi connectivity index (χ3n) is 5.02. The molecule has 1 aromatic carbocycles. The molecular weight excluding hydrogens is 250 g/mol. The van der Waals surface area contributed by atoms with Gasteiger partial charge in [-0.1, -0.05) is 37.8 Å². The van der Waals surface area contributed by atoms with E-state index in [4.69, 9.17) is 0 Å². The fourth-order valence-electron chi connectivity index (χ4n) is 3.92. The number of carbonyl (C=O) groups is 1. The van der Waals surface area contributed by atoms with Crippen LogP contribution in [0.2, 0.25) is 0 Å². The number of hydrogen-bond donors (Lipinski definition) is 1. The van der Waals surface area contributed by atoms with Crippen molar-refractivity contribution in [3.8, 4) is 0 Å². The first-order chi connectivity index (χ1) is 9.61. The Morgan fingerprint density at radius 2 is 1.80 bits per heavy atom. The molecule has 2 aliphatic rings. The van der Waals surface area contributed by atoms with Crippen molar-refractivity contribution in [3.05, 3.63) is 29.3 Å². The first kappa shape index (κ1) is 13.5. The molecule has 108 valence electrons. The maximum Gasteiger partial charge on any atom is 0.338 e. The first-order valence-electron chi connectivity index (χ1n) is 7.69. The van der Waals surface area contributed by atoms with Gasteiger partial charge in [0.25, 0.3) is 0 Å². The van der Waals surface area contributed by atoms with Crippen molar-refractivity contribution in [2.45, 2.75) is 45.4 Å². The number of aryl methyl sites for hydroxylation is 1. The van der Waals surface area contributed by atoms with E-state index in [1.807, 2.05) is 25.1 Å². The first-order valence-corrected chi connectivity index (χ1v) is 7.69. The van der Waals surface area contributed by atoms with Crippen molar-refractivity contribution in [2.75, 3.05) is 18.0 Å². The summed E-state index contributed by atoms with van der Waals surface area (Å²) in [5.41, 5.74) is 2.72. The minimum atomic E-state index is -0.806. The summed E-state index contributed by atoms with van der Waals surface area (Å²) in [5.74, 6) is -0.806. The second-order valence-corrected chi connectivity index (χ2v) is 6.54. The lowest BCUT2D eigenvalue weighted by Gasteiger charge is -2.52. The molecule has 0 radical (unpaired) electrons. The molecule has 3 rings (SSSR count). The standard InChI is InChI=1S/C17H23NO2/c1-13-7-6-8-14(15(13)16(19)20)18-11-17(12-18)9-4-2-3-5-10-17/h6-8H,2-5,9-12H2,1H3,(H,19,20). The molecule has 1 saturated carbocycles. The summed E-state index contributed by atoms with van der Waals surface area (Å²) in [5, 5.41) is 9.44. The summed E-state index contributed by atoms with van der Waals surface area (Å²) < 4.78 is 0. The van der Waals surface area contributed by atoms with E-state index in [-0.39, 0.29) is 0 Å². The third kappa shape index (κ3) is 2.30. The summed E-state index contributed by atoms with van der Waals surface area (Å²) in [6.07, 6.45) is 8.05. The zero-order valence-corrected chi connectivity index (χ0v) is 12.2. The second-order valence-electron chi connectivity index (χ2n) is 6.54. The van der Waals surface area contributed by atoms with Gasteiger partial charge in [-0.05, 0) is 31.4 Å². The van der Waals surface area contributed by atoms with Gasteiger partial charge in [-0.15, -0.1) is 0 Å². The molecule has 0 bridgehead atoms. The molecule has 1 spiro atoms. The zero-order valence-electron chi connectivity index (χ0n) is 12.2. The number of rotatable bonds is 2. The Kier molecular flexibility index (Phi) is 3.45. The van der Waals surface area contributed by atoms with Crippen LogP contribution in [0.1, 0.15) is 54.4 Å². The maximum absolute atomic E-state index is 11.5. The predicted octanol–water partition coefficient (Wildman–Crippen LogP) is 3.85. The van der Waals surface area contributed by atoms with Crippen LogP contribution in [0.5, 0.6) is 0 Å². The van der Waals surface area contributed by atoms with E-state index in [9.17, 15) is 9.90 Å². The van der Waals surface area contributed by atoms with E-state index in [1.165, 1.54) is 38.5 Å². The van der Waals surface area contributed by atoms with Gasteiger partial charge in [-0.25, -0.2) is 4.79 Å². The van der Waals surface area contributed by atoms with E-state index in [0.717, 1.165) is 24.3 Å². The highest BCUT2D eigenvalue weighted by atomic mass is 16.4. The van der Waals surface area contributed by atoms with Crippen LogP contribution in [0.25, 0.3) is 0 Å². The van der Waals surface area contributed by atoms with Gasteiger partial charge in [0.15, 0.2) is 0 Å². The Hall–Kier alpha value is -1.51. The van der Waals surface area contributed by atoms with E-state index < -0.39 is 5.97 Å². The van der Waals surface area contributed by atoms with Gasteiger partial charge in [0.2, 0.25) is 0 Å². The second kappa shape index (κ2) is 5.12. The van der Waals surface area contributed by atoms with Crippen molar-refractivity contribution in [1.82, 2.24) is 0 Å². The van der Waals surface area contributed by atoms with E-state index >= 15 is 0 Å². The van der Waals surface area contributed by atoms with Crippen LogP contribution in [0.4, 0.5) is 5.69 Å². The lowest BCUT2D eigenvalue weighted by atomic mass is 9.73. The minimum absolute atomic E-state index is 0.468. The average molecular weight is 273 g/mol. The van der Waals surface area contributed by atoms with Crippen LogP contribution in [-0.2, 0) is 0 Å². The molecule has 3 heteroatoms. The van der Waals surface area contributed by atoms with E-state index in [2.05, 4.69) is 4.90 Å². The molecule has 1 heterocycles.